The normalized spacial score (nSPS) is 11.6. The molecule has 1 atom stereocenters. The van der Waals surface area contributed by atoms with Crippen molar-refractivity contribution in [1.82, 2.24) is 5.32 Å². The van der Waals surface area contributed by atoms with Gasteiger partial charge in [0.25, 0.3) is 0 Å². The predicted octanol–water partition coefficient (Wildman–Crippen LogP) is 3.28. The zero-order valence-electron chi connectivity index (χ0n) is 11.5. The van der Waals surface area contributed by atoms with Gasteiger partial charge in [0.15, 0.2) is 0 Å². The Morgan fingerprint density at radius 2 is 1.95 bits per heavy atom. The van der Waals surface area contributed by atoms with Gasteiger partial charge < -0.3 is 20.1 Å². The molecule has 106 valence electrons. The van der Waals surface area contributed by atoms with Crippen LogP contribution in [0.4, 0.5) is 10.5 Å². The Labute approximate surface area is 118 Å². The van der Waals surface area contributed by atoms with Crippen molar-refractivity contribution in [3.05, 3.63) is 17.2 Å². The zero-order chi connectivity index (χ0) is 14.4. The fraction of sp³-hybridized carbons (Fsp3) is 0.462. The van der Waals surface area contributed by atoms with Crippen LogP contribution in [0.3, 0.4) is 0 Å². The van der Waals surface area contributed by atoms with E-state index in [9.17, 15) is 4.79 Å². The Hall–Kier alpha value is -1.62. The molecule has 1 rings (SSSR count). The minimum atomic E-state index is -0.297. The van der Waals surface area contributed by atoms with Gasteiger partial charge in [0, 0.05) is 12.1 Å². The molecule has 2 N–H and O–H groups in total. The second-order valence-corrected chi connectivity index (χ2v) is 4.50. The van der Waals surface area contributed by atoms with Gasteiger partial charge >= 0.3 is 6.03 Å². The number of halogens is 1. The van der Waals surface area contributed by atoms with E-state index < -0.39 is 0 Å². The van der Waals surface area contributed by atoms with Crippen LogP contribution < -0.4 is 20.1 Å². The van der Waals surface area contributed by atoms with E-state index >= 15 is 0 Å². The number of hydrogen-bond donors (Lipinski definition) is 2. The molecule has 0 aliphatic heterocycles. The molecule has 0 fully saturated rings. The van der Waals surface area contributed by atoms with E-state index in [0.717, 1.165) is 6.42 Å². The first-order valence-corrected chi connectivity index (χ1v) is 6.38. The summed E-state index contributed by atoms with van der Waals surface area (Å²) >= 11 is 6.02. The predicted molar refractivity (Wildman–Crippen MR) is 76.5 cm³/mol. The summed E-state index contributed by atoms with van der Waals surface area (Å²) in [5.74, 6) is 0.979. The number of methoxy groups -OCH3 is 2. The molecule has 1 aromatic rings. The smallest absolute Gasteiger partial charge is 0.319 e. The number of carbonyl (C=O) groups is 1. The van der Waals surface area contributed by atoms with Crippen molar-refractivity contribution in [2.45, 2.75) is 26.3 Å². The maximum absolute atomic E-state index is 11.8. The molecule has 1 unspecified atom stereocenters. The van der Waals surface area contributed by atoms with E-state index in [4.69, 9.17) is 21.1 Å². The van der Waals surface area contributed by atoms with Crippen LogP contribution in [-0.4, -0.2) is 26.3 Å². The van der Waals surface area contributed by atoms with Crippen LogP contribution in [0.5, 0.6) is 11.5 Å². The highest BCUT2D eigenvalue weighted by atomic mass is 35.5. The third-order valence-electron chi connectivity index (χ3n) is 2.71. The largest absolute Gasteiger partial charge is 0.495 e. The summed E-state index contributed by atoms with van der Waals surface area (Å²) in [6.07, 6.45) is 0.855. The molecule has 0 aliphatic rings. The molecule has 6 heteroatoms. The lowest BCUT2D eigenvalue weighted by Crippen LogP contribution is -2.35. The van der Waals surface area contributed by atoms with Crippen molar-refractivity contribution in [1.29, 1.82) is 0 Å². The minimum Gasteiger partial charge on any atom is -0.495 e. The first kappa shape index (κ1) is 15.4. The summed E-state index contributed by atoms with van der Waals surface area (Å²) < 4.78 is 10.3. The third kappa shape index (κ3) is 4.21. The average molecular weight is 287 g/mol. The first-order chi connectivity index (χ1) is 9.01. The Morgan fingerprint density at radius 3 is 2.47 bits per heavy atom. The number of hydrogen-bond acceptors (Lipinski definition) is 3. The highest BCUT2D eigenvalue weighted by molar-refractivity contribution is 6.32. The highest BCUT2D eigenvalue weighted by Crippen LogP contribution is 2.35. The molecule has 0 bridgehead atoms. The summed E-state index contributed by atoms with van der Waals surface area (Å²) in [5, 5.41) is 5.91. The zero-order valence-corrected chi connectivity index (χ0v) is 12.3. The molecule has 0 aromatic heterocycles. The number of carbonyl (C=O) groups excluding carboxylic acids is 1. The molecular weight excluding hydrogens is 268 g/mol. The van der Waals surface area contributed by atoms with Gasteiger partial charge in [0.2, 0.25) is 0 Å². The fourth-order valence-corrected chi connectivity index (χ4v) is 1.68. The lowest BCUT2D eigenvalue weighted by atomic mass is 10.2. The van der Waals surface area contributed by atoms with Crippen molar-refractivity contribution in [3.63, 3.8) is 0 Å². The van der Waals surface area contributed by atoms with Crippen molar-refractivity contribution in [3.8, 4) is 11.5 Å². The quantitative estimate of drug-likeness (QED) is 0.873. The van der Waals surface area contributed by atoms with Crippen LogP contribution in [0, 0.1) is 0 Å². The van der Waals surface area contributed by atoms with Gasteiger partial charge in [-0.2, -0.15) is 0 Å². The van der Waals surface area contributed by atoms with Crippen LogP contribution in [0.15, 0.2) is 12.1 Å². The summed E-state index contributed by atoms with van der Waals surface area (Å²) in [6, 6.07) is 3.02. The lowest BCUT2D eigenvalue weighted by Gasteiger charge is -2.15. The highest BCUT2D eigenvalue weighted by Gasteiger charge is 2.13. The molecule has 2 amide bonds. The molecule has 5 nitrogen and oxygen atoms in total. The summed E-state index contributed by atoms with van der Waals surface area (Å²) in [6.45, 7) is 3.92. The van der Waals surface area contributed by atoms with E-state index in [-0.39, 0.29) is 12.1 Å². The average Bonchev–Trinajstić information content (AvgIpc) is 2.38. The monoisotopic (exact) mass is 286 g/mol. The van der Waals surface area contributed by atoms with E-state index in [2.05, 4.69) is 10.6 Å². The third-order valence-corrected chi connectivity index (χ3v) is 3.01. The standard InChI is InChI=1S/C13H19ClN2O3/c1-5-8(2)15-13(17)16-10-6-9(14)11(18-3)7-12(10)19-4/h6-8H,5H2,1-4H3,(H2,15,16,17). The van der Waals surface area contributed by atoms with Gasteiger partial charge in [-0.05, 0) is 19.4 Å². The SMILES string of the molecule is CCC(C)NC(=O)Nc1cc(Cl)c(OC)cc1OC. The maximum Gasteiger partial charge on any atom is 0.319 e. The van der Waals surface area contributed by atoms with E-state index in [0.29, 0.717) is 22.2 Å². The summed E-state index contributed by atoms with van der Waals surface area (Å²) in [4.78, 5) is 11.8. The van der Waals surface area contributed by atoms with Gasteiger partial charge in [-0.3, -0.25) is 0 Å². The Balaban J connectivity index is 2.88. The van der Waals surface area contributed by atoms with Crippen LogP contribution in [-0.2, 0) is 0 Å². The van der Waals surface area contributed by atoms with Crippen LogP contribution in [0.1, 0.15) is 20.3 Å². The van der Waals surface area contributed by atoms with E-state index in [1.807, 2.05) is 13.8 Å². The second-order valence-electron chi connectivity index (χ2n) is 4.09. The van der Waals surface area contributed by atoms with E-state index in [1.54, 1.807) is 12.1 Å². The fourth-order valence-electron chi connectivity index (χ4n) is 1.44. The molecular formula is C13H19ClN2O3. The van der Waals surface area contributed by atoms with Gasteiger partial charge in [0.05, 0.1) is 24.9 Å². The number of benzene rings is 1. The lowest BCUT2D eigenvalue weighted by molar-refractivity contribution is 0.249. The van der Waals surface area contributed by atoms with Gasteiger partial charge in [-0.1, -0.05) is 18.5 Å². The van der Waals surface area contributed by atoms with Crippen molar-refractivity contribution in [2.24, 2.45) is 0 Å². The molecule has 0 aliphatic carbocycles. The molecule has 1 aromatic carbocycles. The van der Waals surface area contributed by atoms with Crippen LogP contribution in [0.2, 0.25) is 5.02 Å². The van der Waals surface area contributed by atoms with Gasteiger partial charge in [-0.25, -0.2) is 4.79 Å². The molecule has 0 heterocycles. The number of ether oxygens (including phenoxy) is 2. The van der Waals surface area contributed by atoms with Gasteiger partial charge in [-0.15, -0.1) is 0 Å². The maximum atomic E-state index is 11.8. The molecule has 0 spiro atoms. The topological polar surface area (TPSA) is 59.6 Å². The summed E-state index contributed by atoms with van der Waals surface area (Å²) in [7, 11) is 3.03. The van der Waals surface area contributed by atoms with E-state index in [1.165, 1.54) is 14.2 Å². The van der Waals surface area contributed by atoms with Crippen LogP contribution in [0.25, 0.3) is 0 Å². The summed E-state index contributed by atoms with van der Waals surface area (Å²) in [5.41, 5.74) is 0.495. The first-order valence-electron chi connectivity index (χ1n) is 6.00. The number of amides is 2. The van der Waals surface area contributed by atoms with Crippen LogP contribution >= 0.6 is 11.6 Å². The Morgan fingerprint density at radius 1 is 1.32 bits per heavy atom. The second kappa shape index (κ2) is 7.09. The van der Waals surface area contributed by atoms with Crippen molar-refractivity contribution in [2.75, 3.05) is 19.5 Å². The molecule has 0 saturated carbocycles. The Bertz CT molecular complexity index is 452. The van der Waals surface area contributed by atoms with Crippen molar-refractivity contribution >= 4 is 23.3 Å². The minimum absolute atomic E-state index is 0.0970. The number of nitrogens with one attached hydrogen (secondary N) is 2. The molecule has 19 heavy (non-hydrogen) atoms. The Kier molecular flexibility index (Phi) is 5.76. The molecule has 0 radical (unpaired) electrons. The number of urea groups is 1. The van der Waals surface area contributed by atoms with Crippen molar-refractivity contribution < 1.29 is 14.3 Å². The number of anilines is 1. The van der Waals surface area contributed by atoms with Gasteiger partial charge in [0.1, 0.15) is 11.5 Å². The molecule has 0 saturated heterocycles. The number of rotatable bonds is 5.